The maximum absolute atomic E-state index is 13.1. The maximum atomic E-state index is 13.1. The number of primary amides is 1. The zero-order valence-electron chi connectivity index (χ0n) is 16.9. The Morgan fingerprint density at radius 3 is 2.33 bits per heavy atom. The quantitative estimate of drug-likeness (QED) is 0.794. The van der Waals surface area contributed by atoms with Gasteiger partial charge in [0.25, 0.3) is 11.8 Å². The third-order valence-corrected chi connectivity index (χ3v) is 5.84. The van der Waals surface area contributed by atoms with E-state index in [4.69, 9.17) is 5.73 Å². The van der Waals surface area contributed by atoms with E-state index in [1.807, 2.05) is 19.1 Å². The third kappa shape index (κ3) is 3.26. The van der Waals surface area contributed by atoms with Gasteiger partial charge in [-0.3, -0.25) is 14.4 Å². The minimum absolute atomic E-state index is 0.179. The average Bonchev–Trinajstić information content (AvgIpc) is 3.05. The highest BCUT2D eigenvalue weighted by Gasteiger charge is 2.47. The number of rotatable bonds is 3. The Balaban J connectivity index is 1.58. The molecule has 0 spiro atoms. The number of aryl methyl sites for hydroxylation is 1. The van der Waals surface area contributed by atoms with Crippen molar-refractivity contribution in [2.24, 2.45) is 16.6 Å². The van der Waals surface area contributed by atoms with Crippen LogP contribution in [0.1, 0.15) is 18.4 Å². The molecule has 0 radical (unpaired) electrons. The summed E-state index contributed by atoms with van der Waals surface area (Å²) in [6.45, 7) is 2.70. The van der Waals surface area contributed by atoms with Gasteiger partial charge in [0.2, 0.25) is 5.91 Å². The lowest BCUT2D eigenvalue weighted by molar-refractivity contribution is -0.131. The number of benzene rings is 1. The van der Waals surface area contributed by atoms with Crippen LogP contribution in [-0.4, -0.2) is 65.4 Å². The van der Waals surface area contributed by atoms with Gasteiger partial charge in [-0.2, -0.15) is 4.99 Å². The molecule has 3 aliphatic rings. The van der Waals surface area contributed by atoms with Crippen LogP contribution < -0.4 is 10.6 Å². The van der Waals surface area contributed by atoms with E-state index in [2.05, 4.69) is 4.99 Å². The molecule has 1 atom stereocenters. The number of piperidine rings is 1. The van der Waals surface area contributed by atoms with Crippen molar-refractivity contribution in [3.63, 3.8) is 0 Å². The zero-order chi connectivity index (χ0) is 21.6. The molecular formula is C21H23N5O4. The van der Waals surface area contributed by atoms with E-state index in [0.717, 1.165) is 10.5 Å². The second kappa shape index (κ2) is 7.40. The van der Waals surface area contributed by atoms with Gasteiger partial charge in [0.15, 0.2) is 6.04 Å². The number of urea groups is 1. The number of likely N-dealkylation sites (N-methyl/N-ethyl adjacent to an activating group) is 1. The van der Waals surface area contributed by atoms with Crippen molar-refractivity contribution in [1.82, 2.24) is 9.80 Å². The lowest BCUT2D eigenvalue weighted by Gasteiger charge is -2.32. The molecule has 0 aromatic heterocycles. The molecule has 1 unspecified atom stereocenters. The van der Waals surface area contributed by atoms with Gasteiger partial charge in [-0.1, -0.05) is 17.7 Å². The molecule has 3 heterocycles. The summed E-state index contributed by atoms with van der Waals surface area (Å²) in [7, 11) is 1.68. The summed E-state index contributed by atoms with van der Waals surface area (Å²) in [5.74, 6) is -1.33. The molecule has 30 heavy (non-hydrogen) atoms. The molecule has 1 aromatic carbocycles. The van der Waals surface area contributed by atoms with Crippen molar-refractivity contribution < 1.29 is 19.2 Å². The lowest BCUT2D eigenvalue weighted by atomic mass is 9.95. The average molecular weight is 409 g/mol. The summed E-state index contributed by atoms with van der Waals surface area (Å²) >= 11 is 0. The van der Waals surface area contributed by atoms with Gasteiger partial charge >= 0.3 is 6.03 Å². The summed E-state index contributed by atoms with van der Waals surface area (Å²) in [5, 5.41) is 0. The molecule has 1 saturated heterocycles. The van der Waals surface area contributed by atoms with Crippen molar-refractivity contribution >= 4 is 35.2 Å². The monoisotopic (exact) mass is 409 g/mol. The summed E-state index contributed by atoms with van der Waals surface area (Å²) in [6, 6.07) is 5.49. The van der Waals surface area contributed by atoms with Crippen molar-refractivity contribution in [1.29, 1.82) is 0 Å². The fourth-order valence-electron chi connectivity index (χ4n) is 4.10. The SMILES string of the molecule is Cc1ccc(N2C(=O)N=C3C(C(=O)N4CCC(C(N)=O)CC4)=CN(C)C3C2=O)cc1. The molecule has 3 aliphatic heterocycles. The first-order chi connectivity index (χ1) is 14.3. The molecule has 4 rings (SSSR count). The molecule has 1 fully saturated rings. The number of fused-ring (bicyclic) bond motifs is 1. The third-order valence-electron chi connectivity index (χ3n) is 5.84. The Morgan fingerprint density at radius 1 is 1.10 bits per heavy atom. The molecule has 9 heteroatoms. The smallest absolute Gasteiger partial charge is 0.355 e. The number of imide groups is 1. The van der Waals surface area contributed by atoms with Crippen LogP contribution in [0.5, 0.6) is 0 Å². The van der Waals surface area contributed by atoms with E-state index in [1.165, 1.54) is 0 Å². The molecule has 0 saturated carbocycles. The Hall–Kier alpha value is -3.49. The number of amides is 5. The molecule has 2 N–H and O–H groups in total. The second-order valence-electron chi connectivity index (χ2n) is 7.87. The summed E-state index contributed by atoms with van der Waals surface area (Å²) in [5.41, 5.74) is 7.23. The van der Waals surface area contributed by atoms with Gasteiger partial charge in [-0.25, -0.2) is 9.69 Å². The van der Waals surface area contributed by atoms with Crippen molar-refractivity contribution in [3.05, 3.63) is 41.6 Å². The largest absolute Gasteiger partial charge is 0.369 e. The summed E-state index contributed by atoms with van der Waals surface area (Å²) < 4.78 is 0. The number of nitrogens with zero attached hydrogens (tertiary/aromatic N) is 4. The van der Waals surface area contributed by atoms with E-state index >= 15 is 0 Å². The first-order valence-electron chi connectivity index (χ1n) is 9.84. The first kappa shape index (κ1) is 19.8. The van der Waals surface area contributed by atoms with Gasteiger partial charge in [-0.05, 0) is 31.9 Å². The fraction of sp³-hybridized carbons (Fsp3) is 0.381. The maximum Gasteiger partial charge on any atom is 0.355 e. The van der Waals surface area contributed by atoms with Crippen LogP contribution in [0.3, 0.4) is 0 Å². The fourth-order valence-corrected chi connectivity index (χ4v) is 4.10. The van der Waals surface area contributed by atoms with Crippen LogP contribution >= 0.6 is 0 Å². The minimum Gasteiger partial charge on any atom is -0.369 e. The molecule has 1 aromatic rings. The second-order valence-corrected chi connectivity index (χ2v) is 7.87. The van der Waals surface area contributed by atoms with E-state index < -0.39 is 18.0 Å². The van der Waals surface area contributed by atoms with Crippen LogP contribution in [-0.2, 0) is 14.4 Å². The molecule has 9 nitrogen and oxygen atoms in total. The molecular weight excluding hydrogens is 386 g/mol. The topological polar surface area (TPSA) is 116 Å². The number of nitrogens with two attached hydrogens (primary N) is 1. The zero-order valence-corrected chi connectivity index (χ0v) is 16.9. The van der Waals surface area contributed by atoms with Gasteiger partial charge in [0.05, 0.1) is 17.0 Å². The molecule has 0 aliphatic carbocycles. The van der Waals surface area contributed by atoms with Gasteiger partial charge in [0, 0.05) is 32.3 Å². The number of carbonyl (C=O) groups excluding carboxylic acids is 4. The van der Waals surface area contributed by atoms with Crippen LogP contribution in [0.25, 0.3) is 0 Å². The van der Waals surface area contributed by atoms with Crippen LogP contribution in [0, 0.1) is 12.8 Å². The number of carbonyl (C=O) groups is 4. The van der Waals surface area contributed by atoms with Gasteiger partial charge in [-0.15, -0.1) is 0 Å². The van der Waals surface area contributed by atoms with E-state index in [9.17, 15) is 19.2 Å². The number of hydrogen-bond donors (Lipinski definition) is 1. The van der Waals surface area contributed by atoms with Gasteiger partial charge in [0.1, 0.15) is 0 Å². The highest BCUT2D eigenvalue weighted by Crippen LogP contribution is 2.30. The van der Waals surface area contributed by atoms with Crippen molar-refractivity contribution in [2.75, 3.05) is 25.0 Å². The summed E-state index contributed by atoms with van der Waals surface area (Å²) in [6.07, 6.45) is 2.56. The number of hydrogen-bond acceptors (Lipinski definition) is 5. The summed E-state index contributed by atoms with van der Waals surface area (Å²) in [4.78, 5) is 58.7. The van der Waals surface area contributed by atoms with E-state index in [0.29, 0.717) is 31.6 Å². The molecule has 0 bridgehead atoms. The number of likely N-dealkylation sites (tertiary alicyclic amines) is 1. The standard InChI is InChI=1S/C21H23N5O4/c1-12-3-5-14(6-4-12)26-20(29)17-16(23-21(26)30)15(11-24(17)2)19(28)25-9-7-13(8-10-25)18(22)27/h3-6,11,13,17H,7-10H2,1-2H3,(H2,22,27). The predicted octanol–water partition coefficient (Wildman–Crippen LogP) is 0.824. The number of anilines is 1. The van der Waals surface area contributed by atoms with E-state index in [1.54, 1.807) is 35.2 Å². The van der Waals surface area contributed by atoms with Crippen LogP contribution in [0.2, 0.25) is 0 Å². The number of aliphatic imine (C=N–C) groups is 1. The predicted molar refractivity (Wildman–Crippen MR) is 110 cm³/mol. The highest BCUT2D eigenvalue weighted by atomic mass is 16.2. The lowest BCUT2D eigenvalue weighted by Crippen LogP contribution is -2.54. The van der Waals surface area contributed by atoms with Crippen LogP contribution in [0.15, 0.2) is 41.0 Å². The normalized spacial score (nSPS) is 22.1. The Morgan fingerprint density at radius 2 is 1.73 bits per heavy atom. The minimum atomic E-state index is -0.828. The Labute approximate surface area is 173 Å². The molecule has 5 amide bonds. The molecule has 156 valence electrons. The highest BCUT2D eigenvalue weighted by molar-refractivity contribution is 6.39. The van der Waals surface area contributed by atoms with Crippen molar-refractivity contribution in [3.8, 4) is 0 Å². The Kier molecular flexibility index (Phi) is 4.89. The Bertz CT molecular complexity index is 989. The van der Waals surface area contributed by atoms with Gasteiger partial charge < -0.3 is 15.5 Å². The van der Waals surface area contributed by atoms with Crippen molar-refractivity contribution in [2.45, 2.75) is 25.8 Å². The van der Waals surface area contributed by atoms with E-state index in [-0.39, 0.29) is 29.0 Å². The van der Waals surface area contributed by atoms with Crippen LogP contribution in [0.4, 0.5) is 10.5 Å². The first-order valence-corrected chi connectivity index (χ1v) is 9.84.